The van der Waals surface area contributed by atoms with E-state index in [0.29, 0.717) is 5.56 Å². The second-order valence-corrected chi connectivity index (χ2v) is 8.97. The Morgan fingerprint density at radius 2 is 1.18 bits per heavy atom. The minimum Gasteiger partial charge on any atom is -0.478 e. The lowest BCUT2D eigenvalue weighted by Gasteiger charge is -2.37. The van der Waals surface area contributed by atoms with Gasteiger partial charge in [0, 0.05) is 17.4 Å². The zero-order valence-corrected chi connectivity index (χ0v) is 16.7. The van der Waals surface area contributed by atoms with Crippen LogP contribution in [0, 0.1) is 0 Å². The van der Waals surface area contributed by atoms with Crippen LogP contribution in [0.1, 0.15) is 89.4 Å². The standard InChI is InChI=1S/C19H30O2.Al/c1-17(2,3)13-11-10-12(16(20)21)14(18(4,5)6)15(13)19(7,8)9;/h10-11H,1-9H3,(H,20,21);. The van der Waals surface area contributed by atoms with Gasteiger partial charge in [-0.05, 0) is 39.0 Å². The van der Waals surface area contributed by atoms with Crippen LogP contribution in [0.15, 0.2) is 12.1 Å². The molecule has 0 saturated carbocycles. The van der Waals surface area contributed by atoms with Crippen molar-refractivity contribution in [1.29, 1.82) is 0 Å². The second kappa shape index (κ2) is 6.38. The van der Waals surface area contributed by atoms with Crippen LogP contribution in [-0.2, 0) is 16.2 Å². The molecule has 0 amide bonds. The number of benzene rings is 1. The van der Waals surface area contributed by atoms with Crippen molar-refractivity contribution in [2.24, 2.45) is 0 Å². The largest absolute Gasteiger partial charge is 0.478 e. The normalized spacial score (nSPS) is 12.8. The quantitative estimate of drug-likeness (QED) is 0.748. The predicted molar refractivity (Wildman–Crippen MR) is 95.3 cm³/mol. The van der Waals surface area contributed by atoms with E-state index in [4.69, 9.17) is 0 Å². The number of hydrogen-bond acceptors (Lipinski definition) is 1. The summed E-state index contributed by atoms with van der Waals surface area (Å²) in [5.41, 5.74) is 3.50. The van der Waals surface area contributed by atoms with Gasteiger partial charge in [-0.15, -0.1) is 0 Å². The summed E-state index contributed by atoms with van der Waals surface area (Å²) < 4.78 is 0. The Hall–Kier alpha value is -0.778. The molecular formula is C19H30AlO2. The summed E-state index contributed by atoms with van der Waals surface area (Å²) in [6.07, 6.45) is 0. The third-order valence-corrected chi connectivity index (χ3v) is 3.74. The minimum absolute atomic E-state index is 0. The van der Waals surface area contributed by atoms with Gasteiger partial charge in [-0.25, -0.2) is 4.79 Å². The number of carboxylic acid groups (broad SMARTS) is 1. The number of carboxylic acids is 1. The van der Waals surface area contributed by atoms with Crippen molar-refractivity contribution >= 4 is 23.3 Å². The molecule has 1 aromatic rings. The maximum Gasteiger partial charge on any atom is 0.335 e. The summed E-state index contributed by atoms with van der Waals surface area (Å²) in [4.78, 5) is 11.7. The molecular weight excluding hydrogens is 287 g/mol. The van der Waals surface area contributed by atoms with Crippen LogP contribution in [0.5, 0.6) is 0 Å². The van der Waals surface area contributed by atoms with E-state index in [1.165, 1.54) is 11.1 Å². The maximum atomic E-state index is 11.7. The highest BCUT2D eigenvalue weighted by molar-refractivity contribution is 5.90. The van der Waals surface area contributed by atoms with Gasteiger partial charge in [0.05, 0.1) is 5.56 Å². The van der Waals surface area contributed by atoms with Crippen LogP contribution in [0.4, 0.5) is 0 Å². The molecule has 0 atom stereocenters. The molecule has 3 radical (unpaired) electrons. The smallest absolute Gasteiger partial charge is 0.335 e. The van der Waals surface area contributed by atoms with Crippen molar-refractivity contribution in [3.05, 3.63) is 34.4 Å². The maximum absolute atomic E-state index is 11.7. The molecule has 0 heterocycles. The highest BCUT2D eigenvalue weighted by Gasteiger charge is 2.34. The fourth-order valence-corrected chi connectivity index (χ4v) is 2.96. The van der Waals surface area contributed by atoms with Crippen LogP contribution in [-0.4, -0.2) is 28.4 Å². The van der Waals surface area contributed by atoms with E-state index < -0.39 is 5.97 Å². The molecule has 0 aliphatic heterocycles. The second-order valence-electron chi connectivity index (χ2n) is 8.97. The van der Waals surface area contributed by atoms with Crippen LogP contribution >= 0.6 is 0 Å². The number of rotatable bonds is 1. The molecule has 0 unspecified atom stereocenters. The van der Waals surface area contributed by atoms with E-state index in [2.05, 4.69) is 62.3 Å². The summed E-state index contributed by atoms with van der Waals surface area (Å²) in [6.45, 7) is 19.3. The van der Waals surface area contributed by atoms with Gasteiger partial charge in [0.1, 0.15) is 0 Å². The first-order chi connectivity index (χ1) is 9.17. The lowest BCUT2D eigenvalue weighted by atomic mass is 9.67. The van der Waals surface area contributed by atoms with Gasteiger partial charge in [-0.2, -0.15) is 0 Å². The SMILES string of the molecule is CC(C)(C)c1ccc(C(=O)O)c(C(C)(C)C)c1C(C)(C)C.[Al]. The number of aromatic carboxylic acids is 1. The van der Waals surface area contributed by atoms with E-state index in [1.54, 1.807) is 6.07 Å². The van der Waals surface area contributed by atoms with Crippen molar-refractivity contribution in [1.82, 2.24) is 0 Å². The van der Waals surface area contributed by atoms with Crippen LogP contribution in [0.2, 0.25) is 0 Å². The van der Waals surface area contributed by atoms with Gasteiger partial charge < -0.3 is 5.11 Å². The summed E-state index contributed by atoms with van der Waals surface area (Å²) in [7, 11) is 0. The highest BCUT2D eigenvalue weighted by atomic mass is 27.0. The molecule has 2 nitrogen and oxygen atoms in total. The minimum atomic E-state index is -0.842. The van der Waals surface area contributed by atoms with E-state index in [0.717, 1.165) is 5.56 Å². The van der Waals surface area contributed by atoms with Crippen molar-refractivity contribution in [2.75, 3.05) is 0 Å². The van der Waals surface area contributed by atoms with E-state index >= 15 is 0 Å². The Morgan fingerprint density at radius 1 is 0.773 bits per heavy atom. The lowest BCUT2D eigenvalue weighted by Crippen LogP contribution is -2.30. The van der Waals surface area contributed by atoms with Gasteiger partial charge in [0.25, 0.3) is 0 Å². The van der Waals surface area contributed by atoms with Crippen LogP contribution in [0.3, 0.4) is 0 Å². The zero-order chi connectivity index (χ0) is 16.8. The molecule has 0 fully saturated rings. The lowest BCUT2D eigenvalue weighted by molar-refractivity contribution is 0.0693. The summed E-state index contributed by atoms with van der Waals surface area (Å²) in [6, 6.07) is 3.78. The number of carbonyl (C=O) groups is 1. The van der Waals surface area contributed by atoms with Crippen molar-refractivity contribution in [2.45, 2.75) is 78.6 Å². The molecule has 0 aliphatic rings. The molecule has 1 aromatic carbocycles. The fraction of sp³-hybridized carbons (Fsp3) is 0.632. The molecule has 0 bridgehead atoms. The third-order valence-electron chi connectivity index (χ3n) is 3.74. The molecule has 1 N–H and O–H groups in total. The Morgan fingerprint density at radius 3 is 1.45 bits per heavy atom. The van der Waals surface area contributed by atoms with Gasteiger partial charge in [-0.3, -0.25) is 0 Å². The highest BCUT2D eigenvalue weighted by Crippen LogP contribution is 2.42. The molecule has 3 heteroatoms. The summed E-state index contributed by atoms with van der Waals surface area (Å²) in [5, 5.41) is 9.61. The summed E-state index contributed by atoms with van der Waals surface area (Å²) >= 11 is 0. The topological polar surface area (TPSA) is 37.3 Å². The Bertz CT molecular complexity index is 553. The fourth-order valence-electron chi connectivity index (χ4n) is 2.96. The molecule has 1 rings (SSSR count). The summed E-state index contributed by atoms with van der Waals surface area (Å²) in [5.74, 6) is -0.842. The third kappa shape index (κ3) is 4.37. The van der Waals surface area contributed by atoms with Crippen LogP contribution in [0.25, 0.3) is 0 Å². The molecule has 22 heavy (non-hydrogen) atoms. The molecule has 0 aromatic heterocycles. The predicted octanol–water partition coefficient (Wildman–Crippen LogP) is 4.90. The van der Waals surface area contributed by atoms with Gasteiger partial charge in [0.15, 0.2) is 0 Å². The van der Waals surface area contributed by atoms with Gasteiger partial charge >= 0.3 is 5.97 Å². The van der Waals surface area contributed by atoms with E-state index in [1.807, 2.05) is 6.07 Å². The molecule has 121 valence electrons. The monoisotopic (exact) mass is 317 g/mol. The number of hydrogen-bond donors (Lipinski definition) is 1. The average Bonchev–Trinajstić information content (AvgIpc) is 2.23. The zero-order valence-electron chi connectivity index (χ0n) is 15.6. The Kier molecular flexibility index (Phi) is 6.15. The molecule has 0 spiro atoms. The Labute approximate surface area is 146 Å². The van der Waals surface area contributed by atoms with E-state index in [9.17, 15) is 9.90 Å². The van der Waals surface area contributed by atoms with Crippen LogP contribution < -0.4 is 0 Å². The van der Waals surface area contributed by atoms with E-state index in [-0.39, 0.29) is 33.6 Å². The van der Waals surface area contributed by atoms with Crippen molar-refractivity contribution in [3.8, 4) is 0 Å². The van der Waals surface area contributed by atoms with Gasteiger partial charge in [0.2, 0.25) is 0 Å². The van der Waals surface area contributed by atoms with Crippen molar-refractivity contribution in [3.63, 3.8) is 0 Å². The first-order valence-electron chi connectivity index (χ1n) is 7.59. The Balaban J connectivity index is 0.00000441. The van der Waals surface area contributed by atoms with Gasteiger partial charge in [-0.1, -0.05) is 68.4 Å². The molecule has 0 saturated heterocycles. The van der Waals surface area contributed by atoms with Crippen molar-refractivity contribution < 1.29 is 9.90 Å². The first-order valence-corrected chi connectivity index (χ1v) is 7.59. The average molecular weight is 317 g/mol. The molecule has 0 aliphatic carbocycles. The first kappa shape index (κ1) is 21.2.